The van der Waals surface area contributed by atoms with Gasteiger partial charge >= 0.3 is 0 Å². The van der Waals surface area contributed by atoms with E-state index in [2.05, 4.69) is 129 Å². The van der Waals surface area contributed by atoms with E-state index in [0.717, 1.165) is 57.2 Å². The van der Waals surface area contributed by atoms with Gasteiger partial charge in [0.2, 0.25) is 6.39 Å². The highest BCUT2D eigenvalue weighted by Crippen LogP contribution is 1.93. The second-order valence-electron chi connectivity index (χ2n) is 16.3. The van der Waals surface area contributed by atoms with Gasteiger partial charge in [-0.15, -0.1) is 10.2 Å². The minimum absolute atomic E-state index is 0.676. The minimum atomic E-state index is 0.676. The molecule has 0 spiro atoms. The number of aromatic amines is 2. The molecule has 0 aliphatic heterocycles. The summed E-state index contributed by atoms with van der Waals surface area (Å²) in [5.74, 6) is 3.22. The summed E-state index contributed by atoms with van der Waals surface area (Å²) in [6.07, 6.45) is 31.9. The van der Waals surface area contributed by atoms with Crippen LogP contribution in [0.25, 0.3) is 0 Å². The third-order valence-corrected chi connectivity index (χ3v) is 9.49. The molecule has 13 rings (SSSR count). The van der Waals surface area contributed by atoms with Crippen molar-refractivity contribution in [3.63, 3.8) is 0 Å². The molecule has 0 fully saturated rings. The van der Waals surface area contributed by atoms with Crippen molar-refractivity contribution in [3.05, 3.63) is 264 Å². The average molecular weight is 1190 g/mol. The van der Waals surface area contributed by atoms with Crippen molar-refractivity contribution in [1.82, 2.24) is 120 Å². The SMILES string of the molecule is Cc1ccccn1.Cc1cccnc1.Cc1cccnn1.Cc1ccncc1.Cc1cnc[nH]1.Cc1cnccn1.Cc1cncnc1.Cc1conn1.Cc1csnn1.Cc1ncccn1.Cc1ncn[nH]1.Cc1ncon1.Cc1ncsn1. The fraction of sp³-hybridized carbons (Fsp3) is 0.228. The molecule has 444 valence electrons. The van der Waals surface area contributed by atoms with Crippen molar-refractivity contribution in [2.24, 2.45) is 0 Å². The van der Waals surface area contributed by atoms with Crippen LogP contribution in [0, 0.1) is 90.0 Å². The lowest BCUT2D eigenvalue weighted by Crippen LogP contribution is -1.80. The smallest absolute Gasteiger partial charge is 0.213 e. The quantitative estimate of drug-likeness (QED) is 0.142. The third-order valence-electron chi connectivity index (χ3n) is 8.30. The van der Waals surface area contributed by atoms with Crippen molar-refractivity contribution in [2.75, 3.05) is 0 Å². The van der Waals surface area contributed by atoms with Crippen LogP contribution in [-0.4, -0.2) is 120 Å². The molecular formula is C57H72N24O2S2. The van der Waals surface area contributed by atoms with E-state index < -0.39 is 0 Å². The van der Waals surface area contributed by atoms with E-state index in [0.29, 0.717) is 5.82 Å². The first-order chi connectivity index (χ1) is 41.1. The van der Waals surface area contributed by atoms with E-state index in [4.69, 9.17) is 0 Å². The summed E-state index contributed by atoms with van der Waals surface area (Å²) >= 11 is 2.76. The Morgan fingerprint density at radius 3 is 1.36 bits per heavy atom. The van der Waals surface area contributed by atoms with Gasteiger partial charge in [-0.25, -0.2) is 34.9 Å². The number of nitrogens with one attached hydrogen (secondary N) is 2. The molecular weight excluding hydrogens is 1120 g/mol. The maximum atomic E-state index is 4.35. The number of aromatic nitrogens is 24. The Labute approximate surface area is 503 Å². The molecule has 0 aliphatic rings. The summed E-state index contributed by atoms with van der Waals surface area (Å²) in [5, 5.41) is 29.3. The van der Waals surface area contributed by atoms with Crippen LogP contribution in [0.3, 0.4) is 0 Å². The van der Waals surface area contributed by atoms with Crippen LogP contribution in [0.4, 0.5) is 0 Å². The molecule has 28 heteroatoms. The van der Waals surface area contributed by atoms with Gasteiger partial charge in [-0.3, -0.25) is 30.0 Å². The maximum absolute atomic E-state index is 4.35. The van der Waals surface area contributed by atoms with Gasteiger partial charge in [0.1, 0.15) is 47.6 Å². The lowest BCUT2D eigenvalue weighted by molar-refractivity contribution is 0.392. The molecule has 13 aromatic heterocycles. The molecule has 0 amide bonds. The Balaban J connectivity index is 0.000000461. The second-order valence-corrected chi connectivity index (χ2v) is 17.5. The van der Waals surface area contributed by atoms with E-state index >= 15 is 0 Å². The zero-order chi connectivity index (χ0) is 62.2. The first-order valence-electron chi connectivity index (χ1n) is 25.4. The van der Waals surface area contributed by atoms with Crippen LogP contribution in [0.2, 0.25) is 0 Å². The molecule has 13 heterocycles. The summed E-state index contributed by atoms with van der Waals surface area (Å²) in [6.45, 7) is 24.9. The predicted molar refractivity (Wildman–Crippen MR) is 326 cm³/mol. The van der Waals surface area contributed by atoms with Crippen LogP contribution in [0.1, 0.15) is 74.2 Å². The van der Waals surface area contributed by atoms with Gasteiger partial charge in [-0.1, -0.05) is 21.8 Å². The van der Waals surface area contributed by atoms with Crippen molar-refractivity contribution in [1.29, 1.82) is 0 Å². The number of imidazole rings is 1. The summed E-state index contributed by atoms with van der Waals surface area (Å²) in [7, 11) is 0. The highest BCUT2D eigenvalue weighted by atomic mass is 32.1. The third kappa shape index (κ3) is 49.1. The van der Waals surface area contributed by atoms with Crippen LogP contribution in [-0.2, 0) is 0 Å². The van der Waals surface area contributed by atoms with Crippen LogP contribution in [0.15, 0.2) is 199 Å². The molecule has 26 nitrogen and oxygen atoms in total. The first kappa shape index (κ1) is 72.5. The van der Waals surface area contributed by atoms with E-state index in [1.54, 1.807) is 105 Å². The lowest BCUT2D eigenvalue weighted by Gasteiger charge is -1.82. The highest BCUT2D eigenvalue weighted by Gasteiger charge is 1.83. The molecule has 0 aromatic carbocycles. The number of rotatable bonds is 0. The molecule has 13 aromatic rings. The van der Waals surface area contributed by atoms with Crippen molar-refractivity contribution in [3.8, 4) is 0 Å². The largest absolute Gasteiger partial charge is 0.349 e. The van der Waals surface area contributed by atoms with Crippen molar-refractivity contribution >= 4 is 23.1 Å². The van der Waals surface area contributed by atoms with E-state index in [9.17, 15) is 0 Å². The fourth-order valence-electron chi connectivity index (χ4n) is 4.28. The zero-order valence-electron chi connectivity index (χ0n) is 49.9. The topological polar surface area (TPSA) is 341 Å². The van der Waals surface area contributed by atoms with Gasteiger partial charge in [0, 0.05) is 109 Å². The maximum Gasteiger partial charge on any atom is 0.213 e. The van der Waals surface area contributed by atoms with Crippen LogP contribution in [0.5, 0.6) is 0 Å². The van der Waals surface area contributed by atoms with Crippen molar-refractivity contribution < 1.29 is 9.05 Å². The number of hydrogen-bond donors (Lipinski definition) is 2. The molecule has 0 bridgehead atoms. The number of hydrogen-bond acceptors (Lipinski definition) is 26. The molecule has 85 heavy (non-hydrogen) atoms. The standard InChI is InChI=1S/3C6H7N.4C5H6N2.C4H6N2.C3H5N3.2C3H4N2O.2C3H4N2S/c1-6-2-4-7-5-3-6;1-6-3-2-4-7-5-6;1-6-4-2-3-5-7-6;1-5-2-6-4-7-3-5;1-5-4-6-2-3-7-5;1-5-6-3-2-4-7-5;1-5-3-2-4-6-7-5;1-4-2-5-3-6-4;1-3-4-2-5-6-3;1-3-4-2-6-5-3;1-3-2-6-5-4-3;1-3-4-2-6-5-3;1-3-2-6-5-4-3/h3*2-5H,1H3;4*2-4H,1H3;2-3H,1H3,(H,5,6);2H,1H3,(H,4,5,6);4*2H,1H3. The van der Waals surface area contributed by atoms with E-state index in [-0.39, 0.29) is 0 Å². The second kappa shape index (κ2) is 50.5. The highest BCUT2D eigenvalue weighted by molar-refractivity contribution is 7.03. The predicted octanol–water partition coefficient (Wildman–Crippen LogP) is 10.6. The first-order valence-corrected chi connectivity index (χ1v) is 27.0. The minimum Gasteiger partial charge on any atom is -0.349 e. The number of nitrogens with zero attached hydrogens (tertiary/aromatic N) is 22. The summed E-state index contributed by atoms with van der Waals surface area (Å²) in [4.78, 5) is 52.6. The number of aryl methyl sites for hydroxylation is 13. The molecule has 0 aliphatic carbocycles. The van der Waals surface area contributed by atoms with Crippen molar-refractivity contribution in [2.45, 2.75) is 90.0 Å². The molecule has 0 saturated carbocycles. The molecule has 0 saturated heterocycles. The summed E-state index contributed by atoms with van der Waals surface area (Å²) in [5.41, 5.74) is 11.2. The number of H-pyrrole nitrogens is 2. The van der Waals surface area contributed by atoms with Crippen LogP contribution < -0.4 is 0 Å². The Morgan fingerprint density at radius 1 is 0.424 bits per heavy atom. The van der Waals surface area contributed by atoms with E-state index in [1.165, 1.54) is 59.5 Å². The molecule has 2 N–H and O–H groups in total. The monoisotopic (exact) mass is 1190 g/mol. The lowest BCUT2D eigenvalue weighted by atomic mass is 10.3. The summed E-state index contributed by atoms with van der Waals surface area (Å²) in [6, 6.07) is 19.3. The van der Waals surface area contributed by atoms with Gasteiger partial charge in [0.05, 0.1) is 23.4 Å². The van der Waals surface area contributed by atoms with Gasteiger partial charge in [0.15, 0.2) is 5.82 Å². The molecule has 0 atom stereocenters. The normalized spacial score (nSPS) is 8.76. The Hall–Kier alpha value is -10.5. The average Bonchev–Trinajstić information content (AvgIpc) is 4.41. The van der Waals surface area contributed by atoms with Gasteiger partial charge in [0.25, 0.3) is 0 Å². The fourth-order valence-corrected chi connectivity index (χ4v) is 5.15. The zero-order valence-corrected chi connectivity index (χ0v) is 51.5. The molecule has 0 unspecified atom stereocenters. The summed E-state index contributed by atoms with van der Waals surface area (Å²) < 4.78 is 16.2. The Morgan fingerprint density at radius 2 is 1.13 bits per heavy atom. The van der Waals surface area contributed by atoms with Gasteiger partial charge in [-0.2, -0.15) is 24.7 Å². The van der Waals surface area contributed by atoms with Gasteiger partial charge in [-0.05, 0) is 178 Å². The van der Waals surface area contributed by atoms with E-state index in [1.807, 2.05) is 149 Å². The van der Waals surface area contributed by atoms with Gasteiger partial charge < -0.3 is 14.0 Å². The van der Waals surface area contributed by atoms with Crippen LogP contribution >= 0.6 is 23.1 Å². The Kier molecular flexibility index (Phi) is 43.1. The molecule has 0 radical (unpaired) electrons. The number of pyridine rings is 3. The Bertz CT molecular complexity index is 2700.